The fraction of sp³-hybridized carbons (Fsp3) is 0.318. The first kappa shape index (κ1) is 22.5. The van der Waals surface area contributed by atoms with Gasteiger partial charge in [-0.25, -0.2) is 8.42 Å². The van der Waals surface area contributed by atoms with E-state index in [0.717, 1.165) is 16.7 Å². The Morgan fingerprint density at radius 2 is 1.72 bits per heavy atom. The highest BCUT2D eigenvalue weighted by molar-refractivity contribution is 7.99. The van der Waals surface area contributed by atoms with E-state index in [-0.39, 0.29) is 24.7 Å². The summed E-state index contributed by atoms with van der Waals surface area (Å²) in [6, 6.07) is 14.6. The van der Waals surface area contributed by atoms with Crippen LogP contribution >= 0.6 is 11.8 Å². The summed E-state index contributed by atoms with van der Waals surface area (Å²) in [6.07, 6.45) is 0. The van der Waals surface area contributed by atoms with Crippen LogP contribution in [0.25, 0.3) is 11.5 Å². The van der Waals surface area contributed by atoms with Gasteiger partial charge in [-0.1, -0.05) is 36.0 Å². The molecule has 8 nitrogen and oxygen atoms in total. The fourth-order valence-electron chi connectivity index (χ4n) is 3.38. The summed E-state index contributed by atoms with van der Waals surface area (Å²) in [5, 5.41) is 8.33. The van der Waals surface area contributed by atoms with Gasteiger partial charge in [0.1, 0.15) is 0 Å². The van der Waals surface area contributed by atoms with Crippen molar-refractivity contribution in [2.24, 2.45) is 0 Å². The lowest BCUT2D eigenvalue weighted by Gasteiger charge is -2.34. The van der Waals surface area contributed by atoms with Crippen molar-refractivity contribution in [2.75, 3.05) is 31.9 Å². The molecule has 0 spiro atoms. The molecule has 1 fully saturated rings. The Kier molecular flexibility index (Phi) is 6.63. The molecule has 1 aromatic heterocycles. The van der Waals surface area contributed by atoms with Gasteiger partial charge in [0, 0.05) is 31.7 Å². The molecule has 0 aliphatic carbocycles. The predicted octanol–water partition coefficient (Wildman–Crippen LogP) is 2.98. The molecule has 2 heterocycles. The van der Waals surface area contributed by atoms with Crippen molar-refractivity contribution in [1.82, 2.24) is 19.4 Å². The molecule has 0 bridgehead atoms. The summed E-state index contributed by atoms with van der Waals surface area (Å²) in [4.78, 5) is 14.6. The lowest BCUT2D eigenvalue weighted by molar-refractivity contribution is -0.129. The second-order valence-corrected chi connectivity index (χ2v) is 10.4. The Bertz CT molecular complexity index is 1200. The summed E-state index contributed by atoms with van der Waals surface area (Å²) in [7, 11) is -3.57. The smallest absolute Gasteiger partial charge is 0.277 e. The molecule has 1 aliphatic heterocycles. The topological polar surface area (TPSA) is 96.6 Å². The van der Waals surface area contributed by atoms with E-state index in [9.17, 15) is 13.2 Å². The molecule has 2 aromatic carbocycles. The lowest BCUT2D eigenvalue weighted by Crippen LogP contribution is -2.50. The van der Waals surface area contributed by atoms with Crippen molar-refractivity contribution < 1.29 is 17.6 Å². The molecule has 0 radical (unpaired) electrons. The second kappa shape index (κ2) is 9.43. The molecule has 0 unspecified atom stereocenters. The number of hydrogen-bond acceptors (Lipinski definition) is 7. The molecule has 1 saturated heterocycles. The third-order valence-electron chi connectivity index (χ3n) is 5.45. The molecule has 0 saturated carbocycles. The first-order chi connectivity index (χ1) is 15.3. The number of thioether (sulfide) groups is 1. The van der Waals surface area contributed by atoms with Crippen LogP contribution in [0.15, 0.2) is 63.1 Å². The third-order valence-corrected chi connectivity index (χ3v) is 8.15. The number of hydrogen-bond donors (Lipinski definition) is 0. The van der Waals surface area contributed by atoms with Crippen molar-refractivity contribution in [1.29, 1.82) is 0 Å². The molecule has 10 heteroatoms. The molecule has 32 heavy (non-hydrogen) atoms. The normalized spacial score (nSPS) is 15.1. The Balaban J connectivity index is 1.31. The largest absolute Gasteiger partial charge is 0.411 e. The van der Waals surface area contributed by atoms with Crippen molar-refractivity contribution in [3.63, 3.8) is 0 Å². The molecule has 3 aromatic rings. The second-order valence-electron chi connectivity index (χ2n) is 7.56. The Labute approximate surface area is 191 Å². The van der Waals surface area contributed by atoms with Crippen LogP contribution in [-0.4, -0.2) is 65.7 Å². The predicted molar refractivity (Wildman–Crippen MR) is 122 cm³/mol. The highest BCUT2D eigenvalue weighted by Gasteiger charge is 2.30. The van der Waals surface area contributed by atoms with Crippen molar-refractivity contribution >= 4 is 27.7 Å². The molecular formula is C22H24N4O4S2. The van der Waals surface area contributed by atoms with Crippen molar-refractivity contribution in [3.05, 3.63) is 59.7 Å². The summed E-state index contributed by atoms with van der Waals surface area (Å²) >= 11 is 1.18. The zero-order valence-corrected chi connectivity index (χ0v) is 19.5. The van der Waals surface area contributed by atoms with Crippen molar-refractivity contribution in [3.8, 4) is 11.5 Å². The fourth-order valence-corrected chi connectivity index (χ4v) is 5.56. The van der Waals surface area contributed by atoms with Crippen LogP contribution in [0, 0.1) is 13.8 Å². The minimum absolute atomic E-state index is 0.0855. The molecule has 1 aliphatic rings. The van der Waals surface area contributed by atoms with E-state index in [0.29, 0.717) is 29.1 Å². The van der Waals surface area contributed by atoms with Crippen LogP contribution in [0.1, 0.15) is 11.1 Å². The number of sulfonamides is 1. The van der Waals surface area contributed by atoms with Gasteiger partial charge in [-0.2, -0.15) is 4.31 Å². The van der Waals surface area contributed by atoms with Gasteiger partial charge >= 0.3 is 0 Å². The maximum atomic E-state index is 12.9. The maximum absolute atomic E-state index is 12.9. The highest BCUT2D eigenvalue weighted by atomic mass is 32.2. The monoisotopic (exact) mass is 472 g/mol. The van der Waals surface area contributed by atoms with Gasteiger partial charge in [0.2, 0.25) is 21.8 Å². The standard InChI is InChI=1S/C22H24N4O4S2/c1-16-8-9-19(14-17(16)2)32(28,29)26-12-10-25(11-13-26)20(27)15-31-22-24-23-21(30-22)18-6-4-3-5-7-18/h3-9,14H,10-13,15H2,1-2H3. The number of aryl methyl sites for hydroxylation is 2. The van der Waals surface area contributed by atoms with Crippen molar-refractivity contribution in [2.45, 2.75) is 24.0 Å². The average Bonchev–Trinajstić information content (AvgIpc) is 3.29. The van der Waals surface area contributed by atoms with Crippen LogP contribution in [0.3, 0.4) is 0 Å². The average molecular weight is 473 g/mol. The first-order valence-corrected chi connectivity index (χ1v) is 12.6. The molecule has 0 atom stereocenters. The van der Waals surface area contributed by atoms with Crippen LogP contribution in [-0.2, 0) is 14.8 Å². The third kappa shape index (κ3) is 4.87. The van der Waals surface area contributed by atoms with Crippen LogP contribution < -0.4 is 0 Å². The number of piperazine rings is 1. The number of carbonyl (C=O) groups is 1. The van der Waals surface area contributed by atoms with Gasteiger partial charge in [-0.15, -0.1) is 10.2 Å². The van der Waals surface area contributed by atoms with E-state index in [4.69, 9.17) is 4.42 Å². The van der Waals surface area contributed by atoms with Gasteiger partial charge in [0.15, 0.2) is 0 Å². The van der Waals surface area contributed by atoms with E-state index >= 15 is 0 Å². The van der Waals surface area contributed by atoms with Gasteiger partial charge in [-0.3, -0.25) is 4.79 Å². The number of nitrogens with zero attached hydrogens (tertiary/aromatic N) is 4. The van der Waals surface area contributed by atoms with E-state index < -0.39 is 10.0 Å². The quantitative estimate of drug-likeness (QED) is 0.509. The highest BCUT2D eigenvalue weighted by Crippen LogP contribution is 2.24. The SMILES string of the molecule is Cc1ccc(S(=O)(=O)N2CCN(C(=O)CSc3nnc(-c4ccccc4)o3)CC2)cc1C. The summed E-state index contributed by atoms with van der Waals surface area (Å²) in [6.45, 7) is 5.08. The zero-order chi connectivity index (χ0) is 22.7. The molecule has 168 valence electrons. The molecule has 0 N–H and O–H groups in total. The number of rotatable bonds is 6. The van der Waals surface area contributed by atoms with Gasteiger partial charge in [0.25, 0.3) is 5.22 Å². The van der Waals surface area contributed by atoms with Gasteiger partial charge in [0.05, 0.1) is 10.6 Å². The van der Waals surface area contributed by atoms with E-state index in [1.165, 1.54) is 16.1 Å². The number of aromatic nitrogens is 2. The number of amides is 1. The van der Waals surface area contributed by atoms with E-state index in [1.807, 2.05) is 50.2 Å². The van der Waals surface area contributed by atoms with E-state index in [1.54, 1.807) is 17.0 Å². The Hall–Kier alpha value is -2.69. The van der Waals surface area contributed by atoms with E-state index in [2.05, 4.69) is 10.2 Å². The lowest BCUT2D eigenvalue weighted by atomic mass is 10.1. The summed E-state index contributed by atoms with van der Waals surface area (Å²) in [5.41, 5.74) is 2.81. The summed E-state index contributed by atoms with van der Waals surface area (Å²) < 4.78 is 33.0. The molecular weight excluding hydrogens is 448 g/mol. The molecule has 4 rings (SSSR count). The first-order valence-electron chi connectivity index (χ1n) is 10.2. The Morgan fingerprint density at radius 1 is 1.00 bits per heavy atom. The van der Waals surface area contributed by atoms with Crippen LogP contribution in [0.5, 0.6) is 0 Å². The Morgan fingerprint density at radius 3 is 2.41 bits per heavy atom. The number of carbonyl (C=O) groups excluding carboxylic acids is 1. The number of benzene rings is 2. The summed E-state index contributed by atoms with van der Waals surface area (Å²) in [5.74, 6) is 0.476. The maximum Gasteiger partial charge on any atom is 0.277 e. The van der Waals surface area contributed by atoms with Crippen LogP contribution in [0.2, 0.25) is 0 Å². The molecule has 1 amide bonds. The van der Waals surface area contributed by atoms with Gasteiger partial charge in [-0.05, 0) is 49.2 Å². The zero-order valence-electron chi connectivity index (χ0n) is 17.9. The minimum atomic E-state index is -3.57. The van der Waals surface area contributed by atoms with Gasteiger partial charge < -0.3 is 9.32 Å². The van der Waals surface area contributed by atoms with Crippen LogP contribution in [0.4, 0.5) is 0 Å². The minimum Gasteiger partial charge on any atom is -0.411 e.